The van der Waals surface area contributed by atoms with Crippen LogP contribution in [0.1, 0.15) is 51.9 Å². The maximum absolute atomic E-state index is 11.9. The van der Waals surface area contributed by atoms with Gasteiger partial charge in [-0.2, -0.15) is 0 Å². The van der Waals surface area contributed by atoms with Crippen LogP contribution < -0.4 is 11.1 Å². The van der Waals surface area contributed by atoms with E-state index in [1.807, 2.05) is 6.92 Å². The number of hydrogen-bond donors (Lipinski definition) is 2. The van der Waals surface area contributed by atoms with Gasteiger partial charge >= 0.3 is 0 Å². The van der Waals surface area contributed by atoms with Crippen molar-refractivity contribution in [2.45, 2.75) is 57.9 Å². The normalized spacial score (nSPS) is 21.5. The molecule has 1 saturated carbocycles. The fourth-order valence-corrected chi connectivity index (χ4v) is 2.14. The number of nitrogens with one attached hydrogen (secondary N) is 1. The second-order valence-corrected chi connectivity index (χ2v) is 4.69. The Morgan fingerprint density at radius 2 is 1.80 bits per heavy atom. The van der Waals surface area contributed by atoms with Crippen molar-refractivity contribution in [2.24, 2.45) is 11.7 Å². The zero-order chi connectivity index (χ0) is 11.1. The van der Waals surface area contributed by atoms with Gasteiger partial charge in [-0.05, 0) is 19.8 Å². The van der Waals surface area contributed by atoms with Crippen molar-refractivity contribution in [1.82, 2.24) is 5.32 Å². The summed E-state index contributed by atoms with van der Waals surface area (Å²) in [7, 11) is 0. The molecule has 3 heteroatoms. The molecule has 0 bridgehead atoms. The van der Waals surface area contributed by atoms with Gasteiger partial charge in [-0.15, -0.1) is 0 Å². The predicted molar refractivity (Wildman–Crippen MR) is 62.5 cm³/mol. The molecular formula is C12H24N2O. The van der Waals surface area contributed by atoms with E-state index in [-0.39, 0.29) is 17.9 Å². The van der Waals surface area contributed by atoms with Crippen LogP contribution in [0.5, 0.6) is 0 Å². The number of nitrogens with two attached hydrogens (primary N) is 1. The SMILES string of the molecule is CC(CN)NC(=O)C1CCCCCCC1. The predicted octanol–water partition coefficient (Wildman–Crippen LogP) is 1.81. The smallest absolute Gasteiger partial charge is 0.223 e. The Kier molecular flexibility index (Phi) is 5.69. The minimum Gasteiger partial charge on any atom is -0.352 e. The third kappa shape index (κ3) is 4.65. The standard InChI is InChI=1S/C12H24N2O/c1-10(9-13)14-12(15)11-7-5-3-2-4-6-8-11/h10-11H,2-9,13H2,1H3,(H,14,15). The summed E-state index contributed by atoms with van der Waals surface area (Å²) in [5.41, 5.74) is 5.49. The van der Waals surface area contributed by atoms with Crippen molar-refractivity contribution in [3.63, 3.8) is 0 Å². The van der Waals surface area contributed by atoms with Crippen LogP contribution in [-0.4, -0.2) is 18.5 Å². The van der Waals surface area contributed by atoms with Gasteiger partial charge in [0, 0.05) is 18.5 Å². The Bertz CT molecular complexity index is 186. The van der Waals surface area contributed by atoms with E-state index in [0.29, 0.717) is 6.54 Å². The first-order valence-electron chi connectivity index (χ1n) is 6.24. The van der Waals surface area contributed by atoms with Crippen molar-refractivity contribution in [1.29, 1.82) is 0 Å². The summed E-state index contributed by atoms with van der Waals surface area (Å²) in [5, 5.41) is 2.98. The Morgan fingerprint density at radius 3 is 2.33 bits per heavy atom. The molecule has 15 heavy (non-hydrogen) atoms. The Hall–Kier alpha value is -0.570. The summed E-state index contributed by atoms with van der Waals surface area (Å²) in [6.07, 6.45) is 8.44. The van der Waals surface area contributed by atoms with Crippen LogP contribution in [0.4, 0.5) is 0 Å². The van der Waals surface area contributed by atoms with Gasteiger partial charge in [0.2, 0.25) is 5.91 Å². The van der Waals surface area contributed by atoms with Crippen molar-refractivity contribution in [3.05, 3.63) is 0 Å². The van der Waals surface area contributed by atoms with Crippen LogP contribution >= 0.6 is 0 Å². The Labute approximate surface area is 92.8 Å². The number of hydrogen-bond acceptors (Lipinski definition) is 2. The molecule has 1 aliphatic carbocycles. The van der Waals surface area contributed by atoms with Gasteiger partial charge in [0.05, 0.1) is 0 Å². The molecule has 1 amide bonds. The largest absolute Gasteiger partial charge is 0.352 e. The van der Waals surface area contributed by atoms with Crippen molar-refractivity contribution in [2.75, 3.05) is 6.54 Å². The van der Waals surface area contributed by atoms with Crippen LogP contribution in [0, 0.1) is 5.92 Å². The minimum atomic E-state index is 0.114. The number of carbonyl (C=O) groups is 1. The zero-order valence-electron chi connectivity index (χ0n) is 9.80. The van der Waals surface area contributed by atoms with E-state index in [0.717, 1.165) is 12.8 Å². The van der Waals surface area contributed by atoms with E-state index in [9.17, 15) is 4.79 Å². The molecule has 1 atom stereocenters. The maximum Gasteiger partial charge on any atom is 0.223 e. The average molecular weight is 212 g/mol. The van der Waals surface area contributed by atoms with Gasteiger partial charge in [-0.25, -0.2) is 0 Å². The highest BCUT2D eigenvalue weighted by Gasteiger charge is 2.19. The highest BCUT2D eigenvalue weighted by Crippen LogP contribution is 2.22. The van der Waals surface area contributed by atoms with E-state index >= 15 is 0 Å². The third-order valence-corrected chi connectivity index (χ3v) is 3.22. The highest BCUT2D eigenvalue weighted by molar-refractivity contribution is 5.78. The molecule has 0 aromatic rings. The first kappa shape index (κ1) is 12.5. The first-order valence-corrected chi connectivity index (χ1v) is 6.24. The van der Waals surface area contributed by atoms with Gasteiger partial charge in [-0.3, -0.25) is 4.79 Å². The molecular weight excluding hydrogens is 188 g/mol. The quantitative estimate of drug-likeness (QED) is 0.749. The summed E-state index contributed by atoms with van der Waals surface area (Å²) in [6.45, 7) is 2.49. The van der Waals surface area contributed by atoms with Gasteiger partial charge in [-0.1, -0.05) is 32.1 Å². The monoisotopic (exact) mass is 212 g/mol. The molecule has 0 aromatic carbocycles. The third-order valence-electron chi connectivity index (χ3n) is 3.22. The number of amides is 1. The van der Waals surface area contributed by atoms with Crippen LogP contribution in [0.2, 0.25) is 0 Å². The summed E-state index contributed by atoms with van der Waals surface area (Å²) >= 11 is 0. The van der Waals surface area contributed by atoms with E-state index in [1.54, 1.807) is 0 Å². The highest BCUT2D eigenvalue weighted by atomic mass is 16.1. The summed E-state index contributed by atoms with van der Waals surface area (Å²) in [5.74, 6) is 0.453. The van der Waals surface area contributed by atoms with Crippen LogP contribution in [-0.2, 0) is 4.79 Å². The van der Waals surface area contributed by atoms with E-state index in [1.165, 1.54) is 32.1 Å². The Morgan fingerprint density at radius 1 is 1.27 bits per heavy atom. The van der Waals surface area contributed by atoms with Crippen LogP contribution in [0.25, 0.3) is 0 Å². The van der Waals surface area contributed by atoms with E-state index < -0.39 is 0 Å². The van der Waals surface area contributed by atoms with Gasteiger partial charge < -0.3 is 11.1 Å². The second kappa shape index (κ2) is 6.83. The lowest BCUT2D eigenvalue weighted by molar-refractivity contribution is -0.126. The van der Waals surface area contributed by atoms with E-state index in [2.05, 4.69) is 5.32 Å². The number of carbonyl (C=O) groups excluding carboxylic acids is 1. The molecule has 1 fully saturated rings. The molecule has 0 saturated heterocycles. The van der Waals surface area contributed by atoms with Gasteiger partial charge in [0.1, 0.15) is 0 Å². The van der Waals surface area contributed by atoms with Crippen LogP contribution in [0.3, 0.4) is 0 Å². The Balaban J connectivity index is 2.34. The topological polar surface area (TPSA) is 55.1 Å². The molecule has 0 aromatic heterocycles. The summed E-state index contributed by atoms with van der Waals surface area (Å²) in [6, 6.07) is 0.114. The van der Waals surface area contributed by atoms with Gasteiger partial charge in [0.25, 0.3) is 0 Å². The maximum atomic E-state index is 11.9. The van der Waals surface area contributed by atoms with Crippen molar-refractivity contribution < 1.29 is 4.79 Å². The van der Waals surface area contributed by atoms with Crippen molar-refractivity contribution in [3.8, 4) is 0 Å². The van der Waals surface area contributed by atoms with E-state index in [4.69, 9.17) is 5.73 Å². The molecule has 88 valence electrons. The fraction of sp³-hybridized carbons (Fsp3) is 0.917. The number of rotatable bonds is 3. The lowest BCUT2D eigenvalue weighted by Gasteiger charge is -2.21. The lowest BCUT2D eigenvalue weighted by atomic mass is 9.90. The molecule has 0 heterocycles. The summed E-state index contributed by atoms with van der Waals surface area (Å²) < 4.78 is 0. The van der Waals surface area contributed by atoms with Crippen LogP contribution in [0.15, 0.2) is 0 Å². The molecule has 0 radical (unpaired) electrons. The zero-order valence-corrected chi connectivity index (χ0v) is 9.80. The molecule has 0 spiro atoms. The molecule has 3 nitrogen and oxygen atoms in total. The molecule has 1 aliphatic rings. The average Bonchev–Trinajstić information content (AvgIpc) is 2.16. The molecule has 1 rings (SSSR count). The molecule has 3 N–H and O–H groups in total. The first-order chi connectivity index (χ1) is 7.24. The minimum absolute atomic E-state index is 0.114. The van der Waals surface area contributed by atoms with Gasteiger partial charge in [0.15, 0.2) is 0 Å². The van der Waals surface area contributed by atoms with Crippen molar-refractivity contribution >= 4 is 5.91 Å². The fourth-order valence-electron chi connectivity index (χ4n) is 2.14. The summed E-state index contributed by atoms with van der Waals surface area (Å²) in [4.78, 5) is 11.9. The lowest BCUT2D eigenvalue weighted by Crippen LogP contribution is -2.41. The molecule has 1 unspecified atom stereocenters. The molecule has 0 aliphatic heterocycles. The second-order valence-electron chi connectivity index (χ2n) is 4.69.